The van der Waals surface area contributed by atoms with Gasteiger partial charge in [0.05, 0.1) is 18.5 Å². The summed E-state index contributed by atoms with van der Waals surface area (Å²) in [5.74, 6) is 0.556. The number of benzene rings is 1. The number of halogens is 1. The summed E-state index contributed by atoms with van der Waals surface area (Å²) in [5, 5.41) is 0. The molecular formula is C17H20FN3O. The Morgan fingerprint density at radius 2 is 1.95 bits per heavy atom. The van der Waals surface area contributed by atoms with Crippen molar-refractivity contribution in [2.45, 2.75) is 18.9 Å². The fraction of sp³-hybridized carbons (Fsp3) is 0.412. The molecule has 2 atom stereocenters. The minimum Gasteiger partial charge on any atom is -0.381 e. The smallest absolute Gasteiger partial charge is 0.225 e. The average molecular weight is 301 g/mol. The van der Waals surface area contributed by atoms with Crippen LogP contribution in [0.2, 0.25) is 0 Å². The van der Waals surface area contributed by atoms with Crippen LogP contribution in [-0.4, -0.2) is 36.3 Å². The van der Waals surface area contributed by atoms with Crippen molar-refractivity contribution in [1.29, 1.82) is 0 Å². The van der Waals surface area contributed by atoms with Gasteiger partial charge in [-0.3, -0.25) is 0 Å². The van der Waals surface area contributed by atoms with E-state index in [-0.39, 0.29) is 6.10 Å². The van der Waals surface area contributed by atoms with Crippen LogP contribution in [0.25, 0.3) is 0 Å². The maximum atomic E-state index is 13.0. The van der Waals surface area contributed by atoms with Crippen LogP contribution in [0.1, 0.15) is 12.0 Å². The molecule has 1 saturated heterocycles. The summed E-state index contributed by atoms with van der Waals surface area (Å²) in [5.41, 5.74) is 1.30. The highest BCUT2D eigenvalue weighted by molar-refractivity contribution is 5.30. The van der Waals surface area contributed by atoms with Crippen LogP contribution in [0.3, 0.4) is 0 Å². The van der Waals surface area contributed by atoms with E-state index < -0.39 is 5.82 Å². The lowest BCUT2D eigenvalue weighted by atomic mass is 9.88. The molecule has 0 amide bonds. The standard InChI is InChI=1S/C17H20FN3O/c1-22-16-7-8-21(17-19-10-15(18)11-20-17)12-14(16)9-13-5-3-2-4-6-13/h2-6,10-11,14,16H,7-9,12H2,1H3/t14-,16-/m0/s1. The Balaban J connectivity index is 1.73. The Morgan fingerprint density at radius 1 is 1.23 bits per heavy atom. The Labute approximate surface area is 130 Å². The van der Waals surface area contributed by atoms with Gasteiger partial charge in [-0.15, -0.1) is 0 Å². The quantitative estimate of drug-likeness (QED) is 0.870. The Hall–Kier alpha value is -2.01. The number of hydrogen-bond donors (Lipinski definition) is 0. The van der Waals surface area contributed by atoms with Crippen LogP contribution in [0.4, 0.5) is 10.3 Å². The van der Waals surface area contributed by atoms with Gasteiger partial charge in [0.15, 0.2) is 5.82 Å². The molecule has 1 fully saturated rings. The first-order valence-electron chi connectivity index (χ1n) is 7.55. The minimum atomic E-state index is -0.406. The number of nitrogens with zero attached hydrogens (tertiary/aromatic N) is 3. The molecule has 0 aliphatic carbocycles. The number of anilines is 1. The van der Waals surface area contributed by atoms with E-state index >= 15 is 0 Å². The van der Waals surface area contributed by atoms with Gasteiger partial charge in [0, 0.05) is 26.1 Å². The third-order valence-corrected chi connectivity index (χ3v) is 4.20. The second kappa shape index (κ2) is 6.83. The van der Waals surface area contributed by atoms with Crippen LogP contribution >= 0.6 is 0 Å². The van der Waals surface area contributed by atoms with E-state index in [1.165, 1.54) is 18.0 Å². The zero-order valence-corrected chi connectivity index (χ0v) is 12.7. The summed E-state index contributed by atoms with van der Waals surface area (Å²) >= 11 is 0. The number of methoxy groups -OCH3 is 1. The van der Waals surface area contributed by atoms with Crippen molar-refractivity contribution in [3.63, 3.8) is 0 Å². The first-order valence-corrected chi connectivity index (χ1v) is 7.55. The number of ether oxygens (including phenoxy) is 1. The summed E-state index contributed by atoms with van der Waals surface area (Å²) in [6, 6.07) is 10.4. The molecule has 3 rings (SSSR count). The first-order chi connectivity index (χ1) is 10.8. The van der Waals surface area contributed by atoms with Gasteiger partial charge < -0.3 is 9.64 Å². The van der Waals surface area contributed by atoms with E-state index in [4.69, 9.17) is 4.74 Å². The van der Waals surface area contributed by atoms with Gasteiger partial charge in [-0.25, -0.2) is 14.4 Å². The molecule has 22 heavy (non-hydrogen) atoms. The van der Waals surface area contributed by atoms with E-state index in [9.17, 15) is 4.39 Å². The van der Waals surface area contributed by atoms with Crippen molar-refractivity contribution >= 4 is 5.95 Å². The highest BCUT2D eigenvalue weighted by Crippen LogP contribution is 2.25. The SMILES string of the molecule is CO[C@H]1CCN(c2ncc(F)cn2)C[C@@H]1Cc1ccccc1. The Morgan fingerprint density at radius 3 is 2.64 bits per heavy atom. The fourth-order valence-electron chi connectivity index (χ4n) is 3.08. The fourth-order valence-corrected chi connectivity index (χ4v) is 3.08. The second-order valence-electron chi connectivity index (χ2n) is 5.66. The molecule has 0 unspecified atom stereocenters. The molecule has 1 aromatic carbocycles. The summed E-state index contributed by atoms with van der Waals surface area (Å²) in [6.45, 7) is 1.65. The minimum absolute atomic E-state index is 0.233. The highest BCUT2D eigenvalue weighted by atomic mass is 19.1. The molecule has 1 aromatic heterocycles. The van der Waals surface area contributed by atoms with E-state index in [0.29, 0.717) is 11.9 Å². The van der Waals surface area contributed by atoms with Crippen molar-refractivity contribution in [3.8, 4) is 0 Å². The lowest BCUT2D eigenvalue weighted by Gasteiger charge is -2.38. The zero-order chi connectivity index (χ0) is 15.4. The highest BCUT2D eigenvalue weighted by Gasteiger charge is 2.30. The summed E-state index contributed by atoms with van der Waals surface area (Å²) in [7, 11) is 1.77. The molecule has 0 bridgehead atoms. The van der Waals surface area contributed by atoms with Crippen molar-refractivity contribution < 1.29 is 9.13 Å². The van der Waals surface area contributed by atoms with Crippen LogP contribution in [0.5, 0.6) is 0 Å². The van der Waals surface area contributed by atoms with Crippen LogP contribution in [0.15, 0.2) is 42.7 Å². The monoisotopic (exact) mass is 301 g/mol. The van der Waals surface area contributed by atoms with Crippen molar-refractivity contribution in [2.24, 2.45) is 5.92 Å². The van der Waals surface area contributed by atoms with Gasteiger partial charge >= 0.3 is 0 Å². The Bertz CT molecular complexity index is 591. The van der Waals surface area contributed by atoms with Crippen molar-refractivity contribution in [1.82, 2.24) is 9.97 Å². The third-order valence-electron chi connectivity index (χ3n) is 4.20. The lowest BCUT2D eigenvalue weighted by Crippen LogP contribution is -2.45. The molecule has 1 aliphatic rings. The molecule has 4 nitrogen and oxygen atoms in total. The topological polar surface area (TPSA) is 38.2 Å². The van der Waals surface area contributed by atoms with Crippen LogP contribution in [0, 0.1) is 11.7 Å². The molecule has 5 heteroatoms. The van der Waals surface area contributed by atoms with Crippen molar-refractivity contribution in [3.05, 3.63) is 54.1 Å². The van der Waals surface area contributed by atoms with E-state index in [1.807, 2.05) is 6.07 Å². The van der Waals surface area contributed by atoms with Gasteiger partial charge in [0.2, 0.25) is 5.95 Å². The summed E-state index contributed by atoms with van der Waals surface area (Å²) in [6.07, 6.45) is 4.55. The van der Waals surface area contributed by atoms with Crippen LogP contribution < -0.4 is 4.90 Å². The van der Waals surface area contributed by atoms with E-state index in [0.717, 1.165) is 25.9 Å². The maximum Gasteiger partial charge on any atom is 0.225 e. The first kappa shape index (κ1) is 14.9. The second-order valence-corrected chi connectivity index (χ2v) is 5.66. The van der Waals surface area contributed by atoms with Gasteiger partial charge in [-0.1, -0.05) is 30.3 Å². The number of rotatable bonds is 4. The molecule has 0 N–H and O–H groups in total. The molecule has 0 saturated carbocycles. The van der Waals surface area contributed by atoms with Gasteiger partial charge in [-0.05, 0) is 18.4 Å². The third kappa shape index (κ3) is 3.42. The van der Waals surface area contributed by atoms with E-state index in [1.54, 1.807) is 7.11 Å². The molecule has 1 aliphatic heterocycles. The average Bonchev–Trinajstić information content (AvgIpc) is 2.56. The molecule has 116 valence electrons. The Kier molecular flexibility index (Phi) is 4.63. The lowest BCUT2D eigenvalue weighted by molar-refractivity contribution is 0.0374. The van der Waals surface area contributed by atoms with E-state index in [2.05, 4.69) is 39.1 Å². The van der Waals surface area contributed by atoms with Gasteiger partial charge in [0.1, 0.15) is 0 Å². The zero-order valence-electron chi connectivity index (χ0n) is 12.7. The number of hydrogen-bond acceptors (Lipinski definition) is 4. The molecule has 2 heterocycles. The van der Waals surface area contributed by atoms with Crippen LogP contribution in [-0.2, 0) is 11.2 Å². The predicted octanol–water partition coefficient (Wildman–Crippen LogP) is 2.70. The largest absolute Gasteiger partial charge is 0.381 e. The molecule has 0 radical (unpaired) electrons. The number of piperidine rings is 1. The van der Waals surface area contributed by atoms with Gasteiger partial charge in [-0.2, -0.15) is 0 Å². The summed E-state index contributed by atoms with van der Waals surface area (Å²) in [4.78, 5) is 10.3. The van der Waals surface area contributed by atoms with Gasteiger partial charge in [0.25, 0.3) is 0 Å². The molecular weight excluding hydrogens is 281 g/mol. The molecule has 2 aromatic rings. The van der Waals surface area contributed by atoms with Crippen molar-refractivity contribution in [2.75, 3.05) is 25.1 Å². The predicted molar refractivity (Wildman–Crippen MR) is 83.3 cm³/mol. The normalized spacial score (nSPS) is 21.8. The summed E-state index contributed by atoms with van der Waals surface area (Å²) < 4.78 is 18.6. The number of aromatic nitrogens is 2. The molecule has 0 spiro atoms. The maximum absolute atomic E-state index is 13.0.